The Hall–Kier alpha value is -1.33. The van der Waals surface area contributed by atoms with Crippen LogP contribution < -0.4 is 5.73 Å². The monoisotopic (exact) mass is 480 g/mol. The number of aliphatic imine (C=N–C) groups is 1. The zero-order valence-electron chi connectivity index (χ0n) is 21.1. The molecule has 0 amide bonds. The van der Waals surface area contributed by atoms with Crippen LogP contribution in [0, 0.1) is 52.8 Å². The van der Waals surface area contributed by atoms with Crippen LogP contribution in [0.15, 0.2) is 16.8 Å². The van der Waals surface area contributed by atoms with E-state index in [0.717, 1.165) is 54.7 Å². The molecule has 0 aromatic carbocycles. The maximum absolute atomic E-state index is 13.4. The van der Waals surface area contributed by atoms with Gasteiger partial charge in [0.1, 0.15) is 5.70 Å². The number of halogens is 3. The maximum Gasteiger partial charge on any atom is 0.430 e. The summed E-state index contributed by atoms with van der Waals surface area (Å²) in [5, 5.41) is 0. The van der Waals surface area contributed by atoms with E-state index in [1.807, 2.05) is 0 Å². The molecular formula is C28H43F3N2O. The first kappa shape index (κ1) is 25.8. The molecule has 6 heteroatoms. The minimum absolute atomic E-state index is 0.0116. The average Bonchev–Trinajstić information content (AvgIpc) is 3.58. The fourth-order valence-corrected chi connectivity index (χ4v) is 8.69. The minimum Gasteiger partial charge on any atom is -0.395 e. The topological polar surface area (TPSA) is 55.5 Å². The number of rotatable bonds is 8. The van der Waals surface area contributed by atoms with Gasteiger partial charge in [0.05, 0.1) is 6.54 Å². The van der Waals surface area contributed by atoms with E-state index in [2.05, 4.69) is 25.8 Å². The number of nitrogens with two attached hydrogens (primary N) is 1. The van der Waals surface area contributed by atoms with Gasteiger partial charge in [-0.15, -0.1) is 0 Å². The van der Waals surface area contributed by atoms with Crippen LogP contribution in [-0.2, 0) is 4.79 Å². The maximum atomic E-state index is 13.4. The van der Waals surface area contributed by atoms with Crippen molar-refractivity contribution in [3.8, 4) is 0 Å². The van der Waals surface area contributed by atoms with Gasteiger partial charge >= 0.3 is 6.18 Å². The summed E-state index contributed by atoms with van der Waals surface area (Å²) in [6.45, 7) is 7.00. The molecule has 4 saturated carbocycles. The lowest BCUT2D eigenvalue weighted by molar-refractivity contribution is -0.129. The molecule has 0 aliphatic heterocycles. The number of fused-ring (bicyclic) bond motifs is 3. The summed E-state index contributed by atoms with van der Waals surface area (Å²) in [6.07, 6.45) is 9.66. The summed E-state index contributed by atoms with van der Waals surface area (Å²) in [5.74, 6) is 5.35. The first-order valence-corrected chi connectivity index (χ1v) is 13.7. The van der Waals surface area contributed by atoms with Crippen molar-refractivity contribution in [2.45, 2.75) is 91.2 Å². The van der Waals surface area contributed by atoms with Gasteiger partial charge in [0.15, 0.2) is 5.78 Å². The minimum atomic E-state index is -4.56. The number of alkyl halides is 3. The lowest BCUT2D eigenvalue weighted by atomic mass is 9.49. The number of Topliss-reactive ketones (excluding diaryl/α,β-unsaturated/α-hetero) is 1. The molecule has 192 valence electrons. The molecule has 0 spiro atoms. The third-order valence-electron chi connectivity index (χ3n) is 10.3. The molecule has 0 aromatic rings. The molecule has 0 heterocycles. The fourth-order valence-electron chi connectivity index (χ4n) is 8.69. The number of allylic oxidation sites excluding steroid dienone is 2. The average molecular weight is 481 g/mol. The fraction of sp³-hybridized carbons (Fsp3) is 0.857. The van der Waals surface area contributed by atoms with Gasteiger partial charge in [0.25, 0.3) is 0 Å². The van der Waals surface area contributed by atoms with E-state index in [4.69, 9.17) is 5.73 Å². The molecule has 0 radical (unpaired) electrons. The van der Waals surface area contributed by atoms with E-state index < -0.39 is 11.9 Å². The van der Waals surface area contributed by atoms with Crippen molar-refractivity contribution in [1.29, 1.82) is 0 Å². The van der Waals surface area contributed by atoms with Crippen molar-refractivity contribution in [3.63, 3.8) is 0 Å². The Kier molecular flexibility index (Phi) is 7.55. The van der Waals surface area contributed by atoms with Gasteiger partial charge in [-0.2, -0.15) is 13.2 Å². The van der Waals surface area contributed by atoms with Crippen LogP contribution in [0.3, 0.4) is 0 Å². The summed E-state index contributed by atoms with van der Waals surface area (Å²) >= 11 is 0. The number of hydrogen-bond acceptors (Lipinski definition) is 3. The zero-order valence-corrected chi connectivity index (χ0v) is 21.1. The SMILES string of the molecule is CCCC1C(CC)CCC2C1CCC1(C)C(C(=O)CN=CC=C(N)C(F)(F)F)CC(C3CC3)C21. The Morgan fingerprint density at radius 1 is 1.09 bits per heavy atom. The standard InChI is InChI=1S/C28H43F3N2O/c1-4-6-19-17(5-2)9-10-21-20(19)11-13-27(3)23(15-22(26(21)27)18-7-8-18)24(34)16-33-14-12-25(32)28(29,30)31/h12,14,17-23,26H,4-11,13,15-16,32H2,1-3H3. The molecule has 4 aliphatic rings. The van der Waals surface area contributed by atoms with Crippen molar-refractivity contribution >= 4 is 12.0 Å². The van der Waals surface area contributed by atoms with Crippen molar-refractivity contribution in [3.05, 3.63) is 11.8 Å². The number of hydrogen-bond donors (Lipinski definition) is 1. The van der Waals surface area contributed by atoms with Gasteiger partial charge in [-0.05, 0) is 97.9 Å². The molecule has 4 fully saturated rings. The van der Waals surface area contributed by atoms with Crippen LogP contribution in [0.1, 0.15) is 85.0 Å². The molecule has 0 aromatic heterocycles. The number of ketones is 1. The first-order chi connectivity index (χ1) is 16.1. The molecule has 34 heavy (non-hydrogen) atoms. The summed E-state index contributed by atoms with van der Waals surface area (Å²) in [7, 11) is 0. The van der Waals surface area contributed by atoms with Crippen molar-refractivity contribution in [1.82, 2.24) is 0 Å². The lowest BCUT2D eigenvalue weighted by Crippen LogP contribution is -2.49. The Morgan fingerprint density at radius 3 is 2.44 bits per heavy atom. The third-order valence-corrected chi connectivity index (χ3v) is 10.3. The van der Waals surface area contributed by atoms with Crippen molar-refractivity contribution in [2.24, 2.45) is 63.5 Å². The van der Waals surface area contributed by atoms with Crippen molar-refractivity contribution in [2.75, 3.05) is 6.54 Å². The van der Waals surface area contributed by atoms with Gasteiger partial charge < -0.3 is 5.73 Å². The summed E-state index contributed by atoms with van der Waals surface area (Å²) < 4.78 is 37.7. The normalized spacial score (nSPS) is 40.9. The molecule has 3 nitrogen and oxygen atoms in total. The second-order valence-corrected chi connectivity index (χ2v) is 12.0. The highest BCUT2D eigenvalue weighted by Gasteiger charge is 2.63. The smallest absolute Gasteiger partial charge is 0.395 e. The quantitative estimate of drug-likeness (QED) is 0.382. The van der Waals surface area contributed by atoms with Gasteiger partial charge in [-0.1, -0.05) is 40.0 Å². The van der Waals surface area contributed by atoms with Crippen LogP contribution in [0.5, 0.6) is 0 Å². The Labute approximate surface area is 203 Å². The Balaban J connectivity index is 1.52. The number of nitrogens with zero attached hydrogens (tertiary/aromatic N) is 1. The second kappa shape index (κ2) is 9.97. The zero-order chi connectivity index (χ0) is 24.7. The lowest BCUT2D eigenvalue weighted by Gasteiger charge is -2.55. The van der Waals surface area contributed by atoms with E-state index in [1.54, 1.807) is 0 Å². The van der Waals surface area contributed by atoms with Crippen molar-refractivity contribution < 1.29 is 18.0 Å². The van der Waals surface area contributed by atoms with Gasteiger partial charge in [0.2, 0.25) is 0 Å². The molecule has 2 N–H and O–H groups in total. The molecule has 8 atom stereocenters. The van der Waals surface area contributed by atoms with Crippen LogP contribution in [0.25, 0.3) is 0 Å². The predicted octanol–water partition coefficient (Wildman–Crippen LogP) is 6.96. The third kappa shape index (κ3) is 4.84. The van der Waals surface area contributed by atoms with Crippen LogP contribution >= 0.6 is 0 Å². The van der Waals surface area contributed by atoms with Gasteiger partial charge in [-0.25, -0.2) is 0 Å². The molecule has 0 bridgehead atoms. The summed E-state index contributed by atoms with van der Waals surface area (Å²) in [5.41, 5.74) is 3.86. The summed E-state index contributed by atoms with van der Waals surface area (Å²) in [4.78, 5) is 17.4. The molecule has 4 aliphatic carbocycles. The summed E-state index contributed by atoms with van der Waals surface area (Å²) in [6, 6.07) is 0. The van der Waals surface area contributed by atoms with Crippen LogP contribution in [-0.4, -0.2) is 24.7 Å². The highest BCUT2D eigenvalue weighted by molar-refractivity contribution is 5.86. The van der Waals surface area contributed by atoms with Crippen LogP contribution in [0.4, 0.5) is 13.2 Å². The number of carbonyl (C=O) groups is 1. The van der Waals surface area contributed by atoms with Gasteiger partial charge in [0, 0.05) is 12.1 Å². The molecule has 0 saturated heterocycles. The van der Waals surface area contributed by atoms with E-state index >= 15 is 0 Å². The predicted molar refractivity (Wildman–Crippen MR) is 130 cm³/mol. The highest BCUT2D eigenvalue weighted by atomic mass is 19.4. The Bertz CT molecular complexity index is 802. The van der Waals surface area contributed by atoms with Gasteiger partial charge in [-0.3, -0.25) is 9.79 Å². The largest absolute Gasteiger partial charge is 0.430 e. The molecule has 8 unspecified atom stereocenters. The van der Waals surface area contributed by atoms with E-state index in [-0.39, 0.29) is 23.7 Å². The second-order valence-electron chi connectivity index (χ2n) is 12.0. The molecule has 4 rings (SSSR count). The van der Waals surface area contributed by atoms with E-state index in [1.165, 1.54) is 51.4 Å². The Morgan fingerprint density at radius 2 is 1.82 bits per heavy atom. The molecular weight excluding hydrogens is 437 g/mol. The van der Waals surface area contributed by atoms with E-state index in [0.29, 0.717) is 11.8 Å². The number of carbonyl (C=O) groups excluding carboxylic acids is 1. The highest BCUT2D eigenvalue weighted by Crippen LogP contribution is 2.68. The van der Waals surface area contributed by atoms with E-state index in [9.17, 15) is 18.0 Å². The van der Waals surface area contributed by atoms with Crippen LogP contribution in [0.2, 0.25) is 0 Å². The first-order valence-electron chi connectivity index (χ1n) is 13.7.